The standard InChI is InChI=1S/C7H11NO3.CO2/c1-4-6(7(10)11-3)8-5(2)9;2-1-3/h4H,1-3H3,(H,8,9);/b6-4-;. The average molecular weight is 201 g/mol. The first-order valence-corrected chi connectivity index (χ1v) is 3.54. The molecule has 0 saturated carbocycles. The van der Waals surface area contributed by atoms with E-state index in [1.165, 1.54) is 20.1 Å². The fourth-order valence-electron chi connectivity index (χ4n) is 0.541. The maximum atomic E-state index is 10.8. The zero-order chi connectivity index (χ0) is 11.6. The van der Waals surface area contributed by atoms with Gasteiger partial charge in [-0.3, -0.25) is 4.79 Å². The van der Waals surface area contributed by atoms with Gasteiger partial charge in [-0.05, 0) is 6.92 Å². The summed E-state index contributed by atoms with van der Waals surface area (Å²) in [4.78, 5) is 37.5. The summed E-state index contributed by atoms with van der Waals surface area (Å²) in [7, 11) is 1.26. The SMILES string of the molecule is C/C=C(\NC(C)=O)C(=O)OC.O=C=O. The highest BCUT2D eigenvalue weighted by Gasteiger charge is 2.08. The number of ether oxygens (including phenoxy) is 1. The van der Waals surface area contributed by atoms with Crippen LogP contribution in [0.3, 0.4) is 0 Å². The molecule has 0 saturated heterocycles. The van der Waals surface area contributed by atoms with Crippen molar-refractivity contribution in [1.29, 1.82) is 0 Å². The number of carbonyl (C=O) groups excluding carboxylic acids is 4. The van der Waals surface area contributed by atoms with Crippen LogP contribution >= 0.6 is 0 Å². The van der Waals surface area contributed by atoms with Crippen LogP contribution in [0.25, 0.3) is 0 Å². The van der Waals surface area contributed by atoms with Crippen molar-refractivity contribution in [3.63, 3.8) is 0 Å². The highest BCUT2D eigenvalue weighted by molar-refractivity contribution is 5.92. The van der Waals surface area contributed by atoms with E-state index in [1.807, 2.05) is 0 Å². The molecule has 78 valence electrons. The number of nitrogens with one attached hydrogen (secondary N) is 1. The third kappa shape index (κ3) is 8.16. The fourth-order valence-corrected chi connectivity index (χ4v) is 0.541. The first-order chi connectivity index (χ1) is 6.53. The molecule has 0 aromatic carbocycles. The van der Waals surface area contributed by atoms with Crippen molar-refractivity contribution in [2.75, 3.05) is 7.11 Å². The Morgan fingerprint density at radius 3 is 2.00 bits per heavy atom. The van der Waals surface area contributed by atoms with Crippen molar-refractivity contribution in [1.82, 2.24) is 5.32 Å². The van der Waals surface area contributed by atoms with Crippen molar-refractivity contribution in [2.45, 2.75) is 13.8 Å². The number of esters is 1. The lowest BCUT2D eigenvalue weighted by Crippen LogP contribution is -2.25. The summed E-state index contributed by atoms with van der Waals surface area (Å²) >= 11 is 0. The second-order valence-electron chi connectivity index (χ2n) is 1.96. The van der Waals surface area contributed by atoms with Crippen LogP contribution in [0.5, 0.6) is 0 Å². The molecule has 0 aliphatic rings. The van der Waals surface area contributed by atoms with Crippen LogP contribution in [0.15, 0.2) is 11.8 Å². The minimum Gasteiger partial charge on any atom is -0.464 e. The lowest BCUT2D eigenvalue weighted by molar-refractivity contribution is -0.191. The summed E-state index contributed by atoms with van der Waals surface area (Å²) in [5.74, 6) is -0.828. The first kappa shape index (κ1) is 14.6. The second kappa shape index (κ2) is 9.15. The van der Waals surface area contributed by atoms with Gasteiger partial charge in [0.15, 0.2) is 0 Å². The molecule has 0 heterocycles. The molecule has 0 aromatic rings. The zero-order valence-corrected chi connectivity index (χ0v) is 8.12. The normalized spacial score (nSPS) is 8.93. The molecule has 14 heavy (non-hydrogen) atoms. The smallest absolute Gasteiger partial charge is 0.373 e. The van der Waals surface area contributed by atoms with Gasteiger partial charge >= 0.3 is 12.1 Å². The maximum absolute atomic E-state index is 10.8. The van der Waals surface area contributed by atoms with E-state index in [0.717, 1.165) is 0 Å². The number of amides is 1. The molecule has 0 fully saturated rings. The Bertz CT molecular complexity index is 263. The predicted octanol–water partition coefficient (Wildman–Crippen LogP) is -0.384. The van der Waals surface area contributed by atoms with Crippen LogP contribution in [0.2, 0.25) is 0 Å². The minimum absolute atomic E-state index is 0.167. The molecule has 0 bridgehead atoms. The van der Waals surface area contributed by atoms with Crippen molar-refractivity contribution >= 4 is 18.0 Å². The summed E-state index contributed by atoms with van der Waals surface area (Å²) < 4.78 is 4.38. The Labute approximate surface area is 80.9 Å². The molecule has 6 nitrogen and oxygen atoms in total. The molecular weight excluding hydrogens is 190 g/mol. The maximum Gasteiger partial charge on any atom is 0.373 e. The molecule has 0 atom stereocenters. The Morgan fingerprint density at radius 1 is 1.36 bits per heavy atom. The molecule has 0 spiro atoms. The third-order valence-electron chi connectivity index (χ3n) is 1.00. The van der Waals surface area contributed by atoms with Gasteiger partial charge in [0, 0.05) is 6.92 Å². The van der Waals surface area contributed by atoms with E-state index in [0.29, 0.717) is 0 Å². The first-order valence-electron chi connectivity index (χ1n) is 3.54. The van der Waals surface area contributed by atoms with Gasteiger partial charge in [-0.1, -0.05) is 6.08 Å². The lowest BCUT2D eigenvalue weighted by atomic mass is 10.4. The number of carbonyl (C=O) groups is 2. The fraction of sp³-hybridized carbons (Fsp3) is 0.375. The van der Waals surface area contributed by atoms with E-state index in [4.69, 9.17) is 9.59 Å². The van der Waals surface area contributed by atoms with E-state index in [1.54, 1.807) is 6.92 Å². The van der Waals surface area contributed by atoms with Crippen molar-refractivity contribution in [3.8, 4) is 0 Å². The van der Waals surface area contributed by atoms with Gasteiger partial charge in [0.25, 0.3) is 0 Å². The molecule has 0 radical (unpaired) electrons. The average Bonchev–Trinajstić information content (AvgIpc) is 2.14. The summed E-state index contributed by atoms with van der Waals surface area (Å²) in [6.45, 7) is 2.97. The van der Waals surface area contributed by atoms with Gasteiger partial charge in [0.2, 0.25) is 5.91 Å². The van der Waals surface area contributed by atoms with E-state index in [9.17, 15) is 9.59 Å². The number of hydrogen-bond donors (Lipinski definition) is 1. The van der Waals surface area contributed by atoms with Crippen molar-refractivity contribution < 1.29 is 23.9 Å². The van der Waals surface area contributed by atoms with Gasteiger partial charge < -0.3 is 10.1 Å². The zero-order valence-electron chi connectivity index (χ0n) is 8.12. The Hall–Kier alpha value is -1.94. The van der Waals surface area contributed by atoms with Crippen LogP contribution in [-0.4, -0.2) is 25.1 Å². The summed E-state index contributed by atoms with van der Waals surface area (Å²) in [5.41, 5.74) is 0.167. The van der Waals surface area contributed by atoms with Crippen LogP contribution in [0, 0.1) is 0 Å². The minimum atomic E-state index is -0.539. The van der Waals surface area contributed by atoms with Gasteiger partial charge in [-0.15, -0.1) is 0 Å². The summed E-state index contributed by atoms with van der Waals surface area (Å²) in [6, 6.07) is 0. The number of rotatable bonds is 2. The molecule has 0 aliphatic carbocycles. The van der Waals surface area contributed by atoms with Crippen LogP contribution in [0.4, 0.5) is 0 Å². The quantitative estimate of drug-likeness (QED) is 0.485. The Balaban J connectivity index is 0. The van der Waals surface area contributed by atoms with Gasteiger partial charge in [-0.25, -0.2) is 4.79 Å². The number of methoxy groups -OCH3 is 1. The Kier molecular flexibility index (Phi) is 9.53. The van der Waals surface area contributed by atoms with Crippen molar-refractivity contribution in [2.24, 2.45) is 0 Å². The molecule has 0 unspecified atom stereocenters. The van der Waals surface area contributed by atoms with E-state index < -0.39 is 5.97 Å². The van der Waals surface area contributed by atoms with Gasteiger partial charge in [0.05, 0.1) is 7.11 Å². The molecule has 6 heteroatoms. The van der Waals surface area contributed by atoms with Gasteiger partial charge in [0.1, 0.15) is 5.70 Å². The van der Waals surface area contributed by atoms with Crippen molar-refractivity contribution in [3.05, 3.63) is 11.8 Å². The molecule has 1 N–H and O–H groups in total. The molecule has 0 aromatic heterocycles. The molecule has 0 rings (SSSR count). The predicted molar refractivity (Wildman–Crippen MR) is 44.6 cm³/mol. The monoisotopic (exact) mass is 201 g/mol. The largest absolute Gasteiger partial charge is 0.464 e. The molecular formula is C8H11NO5. The number of allylic oxidation sites excluding steroid dienone is 1. The third-order valence-corrected chi connectivity index (χ3v) is 1.00. The Morgan fingerprint density at radius 2 is 1.79 bits per heavy atom. The van der Waals surface area contributed by atoms with E-state index in [2.05, 4.69) is 10.1 Å². The topological polar surface area (TPSA) is 89.5 Å². The summed E-state index contributed by atoms with van der Waals surface area (Å²) in [6.07, 6.45) is 1.73. The molecule has 0 aliphatic heterocycles. The van der Waals surface area contributed by atoms with Gasteiger partial charge in [-0.2, -0.15) is 9.59 Å². The van der Waals surface area contributed by atoms with E-state index in [-0.39, 0.29) is 17.8 Å². The summed E-state index contributed by atoms with van der Waals surface area (Å²) in [5, 5.41) is 2.33. The number of hydrogen-bond acceptors (Lipinski definition) is 5. The van der Waals surface area contributed by atoms with Crippen LogP contribution in [0.1, 0.15) is 13.8 Å². The lowest BCUT2D eigenvalue weighted by Gasteiger charge is -2.03. The second-order valence-corrected chi connectivity index (χ2v) is 1.96. The highest BCUT2D eigenvalue weighted by Crippen LogP contribution is 1.91. The molecule has 1 amide bonds. The van der Waals surface area contributed by atoms with Crippen LogP contribution in [-0.2, 0) is 23.9 Å². The van der Waals surface area contributed by atoms with E-state index >= 15 is 0 Å². The highest BCUT2D eigenvalue weighted by atomic mass is 16.5. The van der Waals surface area contributed by atoms with Crippen LogP contribution < -0.4 is 5.32 Å².